The number of methoxy groups -OCH3 is 1. The molecule has 1 rings (SSSR count). The van der Waals surface area contributed by atoms with Crippen LogP contribution in [0.1, 0.15) is 37.8 Å². The van der Waals surface area contributed by atoms with E-state index in [1.807, 2.05) is 6.92 Å². The minimum Gasteiger partial charge on any atom is -0.496 e. The molecule has 2 N–H and O–H groups in total. The summed E-state index contributed by atoms with van der Waals surface area (Å²) in [6.07, 6.45) is 2.77. The van der Waals surface area contributed by atoms with Crippen LogP contribution < -0.4 is 10.1 Å². The van der Waals surface area contributed by atoms with Crippen LogP contribution in [0.15, 0.2) is 18.2 Å². The minimum absolute atomic E-state index is 0.0877. The number of aliphatic hydroxyl groups is 1. The predicted molar refractivity (Wildman–Crippen MR) is 70.3 cm³/mol. The summed E-state index contributed by atoms with van der Waals surface area (Å²) in [5.41, 5.74) is 0.571. The number of unbranched alkanes of at least 4 members (excludes halogenated alkanes) is 2. The third kappa shape index (κ3) is 4.27. The molecule has 4 heteroatoms. The van der Waals surface area contributed by atoms with Crippen molar-refractivity contribution in [2.75, 3.05) is 20.3 Å². The minimum atomic E-state index is -0.246. The van der Waals surface area contributed by atoms with Crippen LogP contribution in [0.4, 0.5) is 4.39 Å². The summed E-state index contributed by atoms with van der Waals surface area (Å²) < 4.78 is 18.9. The Bertz CT molecular complexity index is 358. The highest BCUT2D eigenvalue weighted by molar-refractivity contribution is 5.36. The van der Waals surface area contributed by atoms with E-state index >= 15 is 0 Å². The van der Waals surface area contributed by atoms with Crippen LogP contribution in [0.3, 0.4) is 0 Å². The van der Waals surface area contributed by atoms with Gasteiger partial charge in [-0.2, -0.15) is 0 Å². The van der Waals surface area contributed by atoms with Gasteiger partial charge in [0.15, 0.2) is 0 Å². The molecule has 1 atom stereocenters. The van der Waals surface area contributed by atoms with Gasteiger partial charge in [0.1, 0.15) is 11.6 Å². The van der Waals surface area contributed by atoms with Crippen LogP contribution in [-0.2, 0) is 0 Å². The third-order valence-corrected chi connectivity index (χ3v) is 2.95. The highest BCUT2D eigenvalue weighted by Gasteiger charge is 2.15. The first-order valence-electron chi connectivity index (χ1n) is 6.37. The second-order valence-corrected chi connectivity index (χ2v) is 4.32. The largest absolute Gasteiger partial charge is 0.496 e. The number of hydrogen-bond acceptors (Lipinski definition) is 3. The fraction of sp³-hybridized carbons (Fsp3) is 0.571. The second-order valence-electron chi connectivity index (χ2n) is 4.32. The van der Waals surface area contributed by atoms with Crippen LogP contribution in [0.5, 0.6) is 5.75 Å². The van der Waals surface area contributed by atoms with Crippen molar-refractivity contribution >= 4 is 0 Å². The third-order valence-electron chi connectivity index (χ3n) is 2.95. The molecule has 0 bridgehead atoms. The van der Waals surface area contributed by atoms with Crippen LogP contribution >= 0.6 is 0 Å². The summed E-state index contributed by atoms with van der Waals surface area (Å²) in [7, 11) is 1.55. The van der Waals surface area contributed by atoms with E-state index in [1.54, 1.807) is 19.2 Å². The highest BCUT2D eigenvalue weighted by Crippen LogP contribution is 2.27. The molecule has 0 spiro atoms. The van der Waals surface area contributed by atoms with Crippen LogP contribution in [0, 0.1) is 5.82 Å². The number of halogens is 1. The smallest absolute Gasteiger partial charge is 0.131 e. The predicted octanol–water partition coefficient (Wildman–Crippen LogP) is 2.65. The Kier molecular flexibility index (Phi) is 6.68. The average Bonchev–Trinajstić information content (AvgIpc) is 2.37. The summed E-state index contributed by atoms with van der Waals surface area (Å²) in [4.78, 5) is 0. The molecule has 0 amide bonds. The van der Waals surface area contributed by atoms with E-state index in [0.717, 1.165) is 25.8 Å². The Morgan fingerprint density at radius 2 is 2.11 bits per heavy atom. The first-order chi connectivity index (χ1) is 8.70. The lowest BCUT2D eigenvalue weighted by Crippen LogP contribution is -2.21. The summed E-state index contributed by atoms with van der Waals surface area (Å²) >= 11 is 0. The molecule has 1 unspecified atom stereocenters. The molecule has 0 saturated carbocycles. The van der Waals surface area contributed by atoms with Crippen molar-refractivity contribution in [3.05, 3.63) is 29.6 Å². The number of hydrogen-bond donors (Lipinski definition) is 2. The van der Waals surface area contributed by atoms with Crippen molar-refractivity contribution in [3.63, 3.8) is 0 Å². The van der Waals surface area contributed by atoms with E-state index in [2.05, 4.69) is 5.32 Å². The van der Waals surface area contributed by atoms with Crippen molar-refractivity contribution in [1.29, 1.82) is 0 Å². The van der Waals surface area contributed by atoms with E-state index in [0.29, 0.717) is 11.3 Å². The Labute approximate surface area is 108 Å². The molecule has 0 heterocycles. The van der Waals surface area contributed by atoms with E-state index in [-0.39, 0.29) is 18.5 Å². The van der Waals surface area contributed by atoms with Gasteiger partial charge >= 0.3 is 0 Å². The molecule has 3 nitrogen and oxygen atoms in total. The van der Waals surface area contributed by atoms with E-state index in [4.69, 9.17) is 9.84 Å². The number of aliphatic hydroxyl groups excluding tert-OH is 1. The zero-order valence-electron chi connectivity index (χ0n) is 11.1. The van der Waals surface area contributed by atoms with E-state index in [9.17, 15) is 4.39 Å². The molecule has 102 valence electrons. The van der Waals surface area contributed by atoms with Gasteiger partial charge in [-0.1, -0.05) is 6.07 Å². The molecule has 0 fully saturated rings. The maximum absolute atomic E-state index is 13.8. The normalized spacial score (nSPS) is 12.4. The van der Waals surface area contributed by atoms with Gasteiger partial charge < -0.3 is 15.2 Å². The monoisotopic (exact) mass is 255 g/mol. The van der Waals surface area contributed by atoms with E-state index in [1.165, 1.54) is 6.07 Å². The van der Waals surface area contributed by atoms with Crippen molar-refractivity contribution in [2.45, 2.75) is 32.2 Å². The van der Waals surface area contributed by atoms with Gasteiger partial charge in [0.2, 0.25) is 0 Å². The summed E-state index contributed by atoms with van der Waals surface area (Å²) in [6, 6.07) is 4.77. The molecule has 0 aromatic heterocycles. The van der Waals surface area contributed by atoms with Crippen molar-refractivity contribution < 1.29 is 14.2 Å². The Morgan fingerprint density at radius 3 is 2.78 bits per heavy atom. The number of nitrogens with one attached hydrogen (secondary N) is 1. The Hall–Kier alpha value is -1.13. The van der Waals surface area contributed by atoms with Crippen molar-refractivity contribution in [2.24, 2.45) is 0 Å². The summed E-state index contributed by atoms with van der Waals surface area (Å²) in [6.45, 7) is 2.96. The van der Waals surface area contributed by atoms with Gasteiger partial charge in [0.05, 0.1) is 7.11 Å². The molecule has 0 aliphatic heterocycles. The molecular weight excluding hydrogens is 233 g/mol. The molecule has 18 heavy (non-hydrogen) atoms. The average molecular weight is 255 g/mol. The van der Waals surface area contributed by atoms with Gasteiger partial charge in [-0.25, -0.2) is 4.39 Å². The number of ether oxygens (including phenoxy) is 1. The molecule has 1 aromatic carbocycles. The lowest BCUT2D eigenvalue weighted by molar-refractivity contribution is 0.282. The number of benzene rings is 1. The molecule has 0 aliphatic carbocycles. The van der Waals surface area contributed by atoms with Crippen LogP contribution in [0.2, 0.25) is 0 Å². The maximum Gasteiger partial charge on any atom is 0.131 e. The Morgan fingerprint density at radius 1 is 1.33 bits per heavy atom. The van der Waals surface area contributed by atoms with E-state index < -0.39 is 0 Å². The SMILES string of the molecule is COc1cccc(F)c1C(C)NCCCCCO. The van der Waals surface area contributed by atoms with Gasteiger partial charge in [-0.3, -0.25) is 0 Å². The van der Waals surface area contributed by atoms with Crippen molar-refractivity contribution in [1.82, 2.24) is 5.32 Å². The number of rotatable bonds is 8. The molecule has 1 aromatic rings. The van der Waals surface area contributed by atoms with Gasteiger partial charge in [0, 0.05) is 18.2 Å². The molecular formula is C14H22FNO2. The molecule has 0 radical (unpaired) electrons. The highest BCUT2D eigenvalue weighted by atomic mass is 19.1. The summed E-state index contributed by atoms with van der Waals surface area (Å²) in [5.74, 6) is 0.329. The summed E-state index contributed by atoms with van der Waals surface area (Å²) in [5, 5.41) is 11.9. The lowest BCUT2D eigenvalue weighted by atomic mass is 10.1. The zero-order chi connectivity index (χ0) is 13.4. The first-order valence-corrected chi connectivity index (χ1v) is 6.37. The standard InChI is InChI=1S/C14H22FNO2/c1-11(16-9-4-3-5-10-17)14-12(15)7-6-8-13(14)18-2/h6-8,11,16-17H,3-5,9-10H2,1-2H3. The first kappa shape index (κ1) is 14.9. The molecule has 0 saturated heterocycles. The molecule has 0 aliphatic rings. The van der Waals surface area contributed by atoms with Gasteiger partial charge in [-0.15, -0.1) is 0 Å². The van der Waals surface area contributed by atoms with Crippen LogP contribution in [-0.4, -0.2) is 25.4 Å². The second kappa shape index (κ2) is 8.06. The fourth-order valence-electron chi connectivity index (χ4n) is 1.95. The quantitative estimate of drug-likeness (QED) is 0.702. The topological polar surface area (TPSA) is 41.5 Å². The Balaban J connectivity index is 2.53. The lowest BCUT2D eigenvalue weighted by Gasteiger charge is -2.18. The zero-order valence-corrected chi connectivity index (χ0v) is 11.1. The van der Waals surface area contributed by atoms with Gasteiger partial charge in [0.25, 0.3) is 0 Å². The van der Waals surface area contributed by atoms with Crippen LogP contribution in [0.25, 0.3) is 0 Å². The van der Waals surface area contributed by atoms with Gasteiger partial charge in [-0.05, 0) is 44.9 Å². The maximum atomic E-state index is 13.8. The van der Waals surface area contributed by atoms with Crippen molar-refractivity contribution in [3.8, 4) is 5.75 Å². The fourth-order valence-corrected chi connectivity index (χ4v) is 1.95.